The number of guanidine groups is 1. The Labute approximate surface area is 146 Å². The van der Waals surface area contributed by atoms with E-state index in [1.165, 1.54) is 11.1 Å². The maximum absolute atomic E-state index is 4.99. The predicted octanol–water partition coefficient (Wildman–Crippen LogP) is 4.80. The average Bonchev–Trinajstić information content (AvgIpc) is 2.64. The summed E-state index contributed by atoms with van der Waals surface area (Å²) in [5.74, 6) is 0.965. The van der Waals surface area contributed by atoms with E-state index < -0.39 is 0 Å². The second-order valence-corrected chi connectivity index (χ2v) is 5.99. The minimum atomic E-state index is 0.122. The first kappa shape index (κ1) is 18.1. The number of nitrogens with one attached hydrogen (secondary N) is 1. The molecule has 2 aromatic rings. The lowest BCUT2D eigenvalue weighted by atomic mass is 10.1. The summed E-state index contributed by atoms with van der Waals surface area (Å²) >= 11 is 0. The van der Waals surface area contributed by atoms with Gasteiger partial charge in [0.25, 0.3) is 0 Å². The molecule has 128 valence electrons. The summed E-state index contributed by atoms with van der Waals surface area (Å²) in [5, 5.41) is 3.61. The fraction of sp³-hybridized carbons (Fsp3) is 0.381. The van der Waals surface area contributed by atoms with Gasteiger partial charge in [0.2, 0.25) is 0 Å². The highest BCUT2D eigenvalue weighted by Crippen LogP contribution is 2.18. The van der Waals surface area contributed by atoms with Crippen molar-refractivity contribution in [1.29, 1.82) is 0 Å². The molecule has 3 heteroatoms. The Hall–Kier alpha value is -2.29. The maximum Gasteiger partial charge on any atom is 0.194 e. The van der Waals surface area contributed by atoms with Crippen LogP contribution in [0.1, 0.15) is 50.9 Å². The molecule has 0 spiro atoms. The molecule has 0 unspecified atom stereocenters. The van der Waals surface area contributed by atoms with E-state index in [4.69, 9.17) is 4.99 Å². The Morgan fingerprint density at radius 3 is 1.88 bits per heavy atom. The first-order valence-electron chi connectivity index (χ1n) is 8.84. The quantitative estimate of drug-likeness (QED) is 0.611. The molecule has 2 rings (SSSR count). The van der Waals surface area contributed by atoms with Crippen LogP contribution in [0, 0.1) is 0 Å². The largest absolute Gasteiger partial charge is 0.350 e. The Kier molecular flexibility index (Phi) is 6.86. The number of benzene rings is 2. The molecule has 0 radical (unpaired) electrons. The fourth-order valence-electron chi connectivity index (χ4n) is 2.74. The van der Waals surface area contributed by atoms with Gasteiger partial charge in [-0.1, -0.05) is 60.7 Å². The normalized spacial score (nSPS) is 14.1. The first-order chi connectivity index (χ1) is 11.7. The highest BCUT2D eigenvalue weighted by Gasteiger charge is 2.14. The topological polar surface area (TPSA) is 27.6 Å². The highest BCUT2D eigenvalue weighted by atomic mass is 15.3. The van der Waals surface area contributed by atoms with Gasteiger partial charge in [0.15, 0.2) is 5.96 Å². The molecule has 0 aliphatic carbocycles. The predicted molar refractivity (Wildman–Crippen MR) is 103 cm³/mol. The van der Waals surface area contributed by atoms with Crippen LogP contribution in [0.2, 0.25) is 0 Å². The molecule has 0 bridgehead atoms. The number of nitrogens with zero attached hydrogens (tertiary/aromatic N) is 2. The first-order valence-corrected chi connectivity index (χ1v) is 8.84. The van der Waals surface area contributed by atoms with Crippen LogP contribution in [0.15, 0.2) is 65.7 Å². The van der Waals surface area contributed by atoms with Crippen molar-refractivity contribution in [1.82, 2.24) is 10.2 Å². The summed E-state index contributed by atoms with van der Waals surface area (Å²) in [4.78, 5) is 7.26. The molecule has 0 heterocycles. The van der Waals surface area contributed by atoms with E-state index in [9.17, 15) is 0 Å². The van der Waals surface area contributed by atoms with Crippen LogP contribution in [-0.2, 0) is 0 Å². The number of hydrogen-bond acceptors (Lipinski definition) is 1. The molecule has 0 aromatic heterocycles. The van der Waals surface area contributed by atoms with Gasteiger partial charge in [0, 0.05) is 13.1 Å². The van der Waals surface area contributed by atoms with Crippen LogP contribution in [0.3, 0.4) is 0 Å². The zero-order valence-electron chi connectivity index (χ0n) is 15.2. The molecule has 0 fully saturated rings. The standard InChI is InChI=1S/C21H29N3/c1-5-24(6-2)21(22-17(3)19-13-9-7-10-14-19)23-18(4)20-15-11-8-12-16-20/h7-18H,5-6H2,1-4H3,(H,22,23)/t17-,18-/m1/s1. The van der Waals surface area contributed by atoms with Gasteiger partial charge < -0.3 is 10.2 Å². The summed E-state index contributed by atoms with van der Waals surface area (Å²) in [6.07, 6.45) is 0. The van der Waals surface area contributed by atoms with Gasteiger partial charge in [-0.15, -0.1) is 0 Å². The van der Waals surface area contributed by atoms with Gasteiger partial charge in [-0.3, -0.25) is 0 Å². The van der Waals surface area contributed by atoms with Gasteiger partial charge in [-0.05, 0) is 38.8 Å². The molecule has 2 aromatic carbocycles. The lowest BCUT2D eigenvalue weighted by Gasteiger charge is -2.28. The van der Waals surface area contributed by atoms with Crippen molar-refractivity contribution in [3.8, 4) is 0 Å². The van der Waals surface area contributed by atoms with Crippen LogP contribution in [0.25, 0.3) is 0 Å². The summed E-state index contributed by atoms with van der Waals surface area (Å²) in [5.41, 5.74) is 2.50. The van der Waals surface area contributed by atoms with Crippen molar-refractivity contribution in [2.24, 2.45) is 4.99 Å². The molecule has 2 atom stereocenters. The Morgan fingerprint density at radius 2 is 1.38 bits per heavy atom. The van der Waals surface area contributed by atoms with Crippen LogP contribution in [-0.4, -0.2) is 23.9 Å². The van der Waals surface area contributed by atoms with Crippen LogP contribution < -0.4 is 5.32 Å². The van der Waals surface area contributed by atoms with E-state index in [-0.39, 0.29) is 12.1 Å². The second kappa shape index (κ2) is 9.11. The lowest BCUT2D eigenvalue weighted by molar-refractivity contribution is 0.432. The zero-order valence-corrected chi connectivity index (χ0v) is 15.2. The Bertz CT molecular complexity index is 618. The molecular weight excluding hydrogens is 294 g/mol. The second-order valence-electron chi connectivity index (χ2n) is 5.99. The Morgan fingerprint density at radius 1 is 0.875 bits per heavy atom. The van der Waals surface area contributed by atoms with Gasteiger partial charge in [0.1, 0.15) is 0 Å². The van der Waals surface area contributed by atoms with Crippen molar-refractivity contribution >= 4 is 5.96 Å². The molecule has 24 heavy (non-hydrogen) atoms. The number of aliphatic imine (C=N–C) groups is 1. The minimum Gasteiger partial charge on any atom is -0.350 e. The summed E-state index contributed by atoms with van der Waals surface area (Å²) in [6.45, 7) is 10.5. The van der Waals surface area contributed by atoms with E-state index in [0.29, 0.717) is 0 Å². The summed E-state index contributed by atoms with van der Waals surface area (Å²) < 4.78 is 0. The minimum absolute atomic E-state index is 0.122. The van der Waals surface area contributed by atoms with Gasteiger partial charge in [-0.25, -0.2) is 4.99 Å². The molecule has 0 aliphatic heterocycles. The SMILES string of the molecule is CCN(CC)C(=N[C@H](C)c1ccccc1)N[C@H](C)c1ccccc1. The monoisotopic (exact) mass is 323 g/mol. The fourth-order valence-corrected chi connectivity index (χ4v) is 2.74. The van der Waals surface area contributed by atoms with Crippen LogP contribution >= 0.6 is 0 Å². The van der Waals surface area contributed by atoms with Gasteiger partial charge in [0.05, 0.1) is 12.1 Å². The Balaban J connectivity index is 2.22. The van der Waals surface area contributed by atoms with Crippen molar-refractivity contribution in [3.05, 3.63) is 71.8 Å². The van der Waals surface area contributed by atoms with E-state index in [0.717, 1.165) is 19.0 Å². The van der Waals surface area contributed by atoms with E-state index in [2.05, 4.69) is 86.4 Å². The highest BCUT2D eigenvalue weighted by molar-refractivity contribution is 5.80. The molecule has 0 amide bonds. The number of rotatable bonds is 6. The van der Waals surface area contributed by atoms with E-state index in [1.54, 1.807) is 0 Å². The molecule has 0 saturated carbocycles. The van der Waals surface area contributed by atoms with Crippen LogP contribution in [0.5, 0.6) is 0 Å². The summed E-state index contributed by atoms with van der Waals surface area (Å²) in [7, 11) is 0. The molecule has 1 N–H and O–H groups in total. The third-order valence-electron chi connectivity index (χ3n) is 4.31. The number of hydrogen-bond donors (Lipinski definition) is 1. The molecule has 0 saturated heterocycles. The van der Waals surface area contributed by atoms with Crippen molar-refractivity contribution in [2.45, 2.75) is 39.8 Å². The maximum atomic E-state index is 4.99. The lowest BCUT2D eigenvalue weighted by Crippen LogP contribution is -2.42. The average molecular weight is 323 g/mol. The van der Waals surface area contributed by atoms with Crippen LogP contribution in [0.4, 0.5) is 0 Å². The van der Waals surface area contributed by atoms with Crippen molar-refractivity contribution in [3.63, 3.8) is 0 Å². The van der Waals surface area contributed by atoms with E-state index in [1.807, 2.05) is 12.1 Å². The molecule has 3 nitrogen and oxygen atoms in total. The molecule has 0 aliphatic rings. The van der Waals surface area contributed by atoms with Crippen molar-refractivity contribution in [2.75, 3.05) is 13.1 Å². The smallest absolute Gasteiger partial charge is 0.194 e. The van der Waals surface area contributed by atoms with E-state index >= 15 is 0 Å². The molecular formula is C21H29N3. The summed E-state index contributed by atoms with van der Waals surface area (Å²) in [6, 6.07) is 21.3. The van der Waals surface area contributed by atoms with Gasteiger partial charge >= 0.3 is 0 Å². The third-order valence-corrected chi connectivity index (χ3v) is 4.31. The van der Waals surface area contributed by atoms with Gasteiger partial charge in [-0.2, -0.15) is 0 Å². The zero-order chi connectivity index (χ0) is 17.4. The third kappa shape index (κ3) is 4.85. The van der Waals surface area contributed by atoms with Crippen molar-refractivity contribution < 1.29 is 0 Å².